The Morgan fingerprint density at radius 3 is 2.14 bits per heavy atom. The molecule has 0 saturated heterocycles. The highest BCUT2D eigenvalue weighted by Gasteiger charge is 2.14. The second-order valence-corrected chi connectivity index (χ2v) is 7.95. The third-order valence-corrected chi connectivity index (χ3v) is 5.15. The second kappa shape index (κ2) is 6.76. The van der Waals surface area contributed by atoms with Gasteiger partial charge in [-0.05, 0) is 42.0 Å². The second-order valence-electron chi connectivity index (χ2n) is 6.70. The molecule has 2 aromatic rings. The van der Waals surface area contributed by atoms with E-state index < -0.39 is 0 Å². The summed E-state index contributed by atoms with van der Waals surface area (Å²) in [5, 5.41) is 3.62. The molecule has 114 valence electrons. The highest BCUT2D eigenvalue weighted by molar-refractivity contribution is 7.11. The molecular formula is C19H27NS. The summed E-state index contributed by atoms with van der Waals surface area (Å²) in [6.45, 7) is 12.2. The Hall–Kier alpha value is -1.12. The maximum Gasteiger partial charge on any atom is 0.0305 e. The van der Waals surface area contributed by atoms with E-state index >= 15 is 0 Å². The molecule has 0 aliphatic rings. The van der Waals surface area contributed by atoms with Crippen molar-refractivity contribution in [2.75, 3.05) is 0 Å². The summed E-state index contributed by atoms with van der Waals surface area (Å²) >= 11 is 1.91. The number of rotatable bonds is 5. The third kappa shape index (κ3) is 4.42. The molecule has 0 bridgehead atoms. The molecular weight excluding hydrogens is 274 g/mol. The third-order valence-electron chi connectivity index (χ3n) is 3.92. The van der Waals surface area contributed by atoms with Crippen LogP contribution >= 0.6 is 11.3 Å². The van der Waals surface area contributed by atoms with Gasteiger partial charge in [-0.15, -0.1) is 11.3 Å². The molecule has 0 fully saturated rings. The number of hydrogen-bond acceptors (Lipinski definition) is 2. The topological polar surface area (TPSA) is 12.0 Å². The predicted octanol–water partition coefficient (Wildman–Crippen LogP) is 5.46. The summed E-state index contributed by atoms with van der Waals surface area (Å²) in [4.78, 5) is 2.89. The monoisotopic (exact) mass is 301 g/mol. The average molecular weight is 301 g/mol. The van der Waals surface area contributed by atoms with Crippen LogP contribution in [-0.4, -0.2) is 0 Å². The molecule has 0 saturated carbocycles. The summed E-state index contributed by atoms with van der Waals surface area (Å²) in [5.41, 5.74) is 2.97. The number of hydrogen-bond donors (Lipinski definition) is 1. The van der Waals surface area contributed by atoms with Crippen LogP contribution < -0.4 is 5.32 Å². The van der Waals surface area contributed by atoms with Crippen LogP contribution in [0, 0.1) is 0 Å². The van der Waals surface area contributed by atoms with Crippen LogP contribution in [0.3, 0.4) is 0 Å². The molecule has 1 nitrogen and oxygen atoms in total. The van der Waals surface area contributed by atoms with Gasteiger partial charge in [-0.2, -0.15) is 0 Å². The zero-order chi connectivity index (χ0) is 15.5. The molecule has 21 heavy (non-hydrogen) atoms. The van der Waals surface area contributed by atoms with Crippen molar-refractivity contribution in [2.24, 2.45) is 0 Å². The zero-order valence-corrected chi connectivity index (χ0v) is 14.7. The molecule has 0 aliphatic heterocycles. The first-order valence-corrected chi connectivity index (χ1v) is 8.63. The lowest BCUT2D eigenvalue weighted by Crippen LogP contribution is -2.18. The van der Waals surface area contributed by atoms with E-state index in [0.29, 0.717) is 6.04 Å². The fourth-order valence-corrected chi connectivity index (χ4v) is 3.26. The maximum atomic E-state index is 3.62. The van der Waals surface area contributed by atoms with Gasteiger partial charge >= 0.3 is 0 Å². The molecule has 2 heteroatoms. The normalized spacial score (nSPS) is 13.4. The van der Waals surface area contributed by atoms with E-state index in [0.717, 1.165) is 13.0 Å². The summed E-state index contributed by atoms with van der Waals surface area (Å²) in [6.07, 6.45) is 1.13. The van der Waals surface area contributed by atoms with Crippen LogP contribution in [0.1, 0.15) is 61.5 Å². The number of benzene rings is 1. The Bertz CT molecular complexity index is 560. The molecule has 1 aromatic carbocycles. The first kappa shape index (κ1) is 16.3. The van der Waals surface area contributed by atoms with Crippen molar-refractivity contribution in [3.8, 4) is 0 Å². The van der Waals surface area contributed by atoms with Crippen LogP contribution in [0.2, 0.25) is 0 Å². The van der Waals surface area contributed by atoms with Crippen molar-refractivity contribution >= 4 is 11.3 Å². The lowest BCUT2D eigenvalue weighted by Gasteiger charge is -2.20. The Balaban J connectivity index is 1.95. The van der Waals surface area contributed by atoms with E-state index in [9.17, 15) is 0 Å². The molecule has 1 atom stereocenters. The molecule has 0 aliphatic carbocycles. The summed E-state index contributed by atoms with van der Waals surface area (Å²) in [7, 11) is 0. The quantitative estimate of drug-likeness (QED) is 0.773. The SMILES string of the molecule is CCc1ccc(CNC(C)c2ccc(C(C)(C)C)cc2)s1. The molecule has 1 heterocycles. The van der Waals surface area contributed by atoms with Crippen molar-refractivity contribution in [2.45, 2.75) is 59.0 Å². The molecule has 0 radical (unpaired) electrons. The number of thiophene rings is 1. The van der Waals surface area contributed by atoms with E-state index in [4.69, 9.17) is 0 Å². The van der Waals surface area contributed by atoms with Crippen LogP contribution in [0.5, 0.6) is 0 Å². The van der Waals surface area contributed by atoms with Gasteiger partial charge in [-0.3, -0.25) is 0 Å². The lowest BCUT2D eigenvalue weighted by molar-refractivity contribution is 0.572. The molecule has 0 spiro atoms. The average Bonchev–Trinajstić information content (AvgIpc) is 2.92. The van der Waals surface area contributed by atoms with Gasteiger partial charge in [0.2, 0.25) is 0 Å². The molecule has 1 unspecified atom stereocenters. The molecule has 0 amide bonds. The fourth-order valence-electron chi connectivity index (χ4n) is 2.35. The smallest absolute Gasteiger partial charge is 0.0305 e. The summed E-state index contributed by atoms with van der Waals surface area (Å²) in [5.74, 6) is 0. The van der Waals surface area contributed by atoms with Gasteiger partial charge in [-0.1, -0.05) is 52.0 Å². The fraction of sp³-hybridized carbons (Fsp3) is 0.474. The van der Waals surface area contributed by atoms with Gasteiger partial charge < -0.3 is 5.32 Å². The number of nitrogens with one attached hydrogen (secondary N) is 1. The van der Waals surface area contributed by atoms with E-state index in [1.54, 1.807) is 0 Å². The van der Waals surface area contributed by atoms with Crippen LogP contribution in [0.25, 0.3) is 0 Å². The predicted molar refractivity (Wildman–Crippen MR) is 94.1 cm³/mol. The van der Waals surface area contributed by atoms with Gasteiger partial charge in [0, 0.05) is 22.3 Å². The maximum absolute atomic E-state index is 3.62. The van der Waals surface area contributed by atoms with Crippen LogP contribution in [0.15, 0.2) is 36.4 Å². The van der Waals surface area contributed by atoms with Gasteiger partial charge in [-0.25, -0.2) is 0 Å². The molecule has 2 rings (SSSR count). The van der Waals surface area contributed by atoms with E-state index in [1.165, 1.54) is 20.9 Å². The minimum atomic E-state index is 0.225. The highest BCUT2D eigenvalue weighted by atomic mass is 32.1. The van der Waals surface area contributed by atoms with Crippen molar-refractivity contribution in [1.29, 1.82) is 0 Å². The largest absolute Gasteiger partial charge is 0.305 e. The van der Waals surface area contributed by atoms with Crippen molar-refractivity contribution in [1.82, 2.24) is 5.32 Å². The van der Waals surface area contributed by atoms with Gasteiger partial charge in [0.1, 0.15) is 0 Å². The Labute approximate surface area is 133 Å². The first-order valence-electron chi connectivity index (χ1n) is 7.81. The van der Waals surface area contributed by atoms with E-state index in [2.05, 4.69) is 76.3 Å². The minimum absolute atomic E-state index is 0.225. The number of aryl methyl sites for hydroxylation is 1. The first-order chi connectivity index (χ1) is 9.90. The van der Waals surface area contributed by atoms with Crippen LogP contribution in [0.4, 0.5) is 0 Å². The highest BCUT2D eigenvalue weighted by Crippen LogP contribution is 2.24. The van der Waals surface area contributed by atoms with E-state index in [1.807, 2.05) is 11.3 Å². The van der Waals surface area contributed by atoms with Gasteiger partial charge in [0.25, 0.3) is 0 Å². The van der Waals surface area contributed by atoms with Crippen molar-refractivity contribution in [3.63, 3.8) is 0 Å². The summed E-state index contributed by atoms with van der Waals surface area (Å²) < 4.78 is 0. The summed E-state index contributed by atoms with van der Waals surface area (Å²) in [6, 6.07) is 13.9. The van der Waals surface area contributed by atoms with Crippen molar-refractivity contribution in [3.05, 3.63) is 57.3 Å². The van der Waals surface area contributed by atoms with Crippen LogP contribution in [-0.2, 0) is 18.4 Å². The molecule has 1 N–H and O–H groups in total. The van der Waals surface area contributed by atoms with Gasteiger partial charge in [0.15, 0.2) is 0 Å². The standard InChI is InChI=1S/C19H27NS/c1-6-17-11-12-18(21-17)13-20-14(2)15-7-9-16(10-8-15)19(3,4)5/h7-12,14,20H,6,13H2,1-5H3. The van der Waals surface area contributed by atoms with Gasteiger partial charge in [0.05, 0.1) is 0 Å². The molecule has 1 aromatic heterocycles. The Morgan fingerprint density at radius 1 is 1.00 bits per heavy atom. The lowest BCUT2D eigenvalue weighted by atomic mass is 9.86. The van der Waals surface area contributed by atoms with E-state index in [-0.39, 0.29) is 5.41 Å². The Kier molecular flexibility index (Phi) is 5.23. The zero-order valence-electron chi connectivity index (χ0n) is 13.9. The minimum Gasteiger partial charge on any atom is -0.305 e. The Morgan fingerprint density at radius 2 is 1.62 bits per heavy atom. The van der Waals surface area contributed by atoms with Crippen molar-refractivity contribution < 1.29 is 0 Å².